The van der Waals surface area contributed by atoms with Crippen LogP contribution in [0.5, 0.6) is 0 Å². The molecule has 0 unspecified atom stereocenters. The van der Waals surface area contributed by atoms with Crippen molar-refractivity contribution in [2.75, 3.05) is 5.32 Å². The van der Waals surface area contributed by atoms with Crippen molar-refractivity contribution < 1.29 is 4.79 Å². The molecule has 0 radical (unpaired) electrons. The number of anilines is 1. The number of aryl methyl sites for hydroxylation is 4. The molecule has 0 aliphatic rings. The Morgan fingerprint density at radius 2 is 1.80 bits per heavy atom. The van der Waals surface area contributed by atoms with Gasteiger partial charge < -0.3 is 5.32 Å². The normalized spacial score (nSPS) is 10.9. The Bertz CT molecular complexity index is 1010. The number of hydrogen-bond donors (Lipinski definition) is 1. The van der Waals surface area contributed by atoms with Crippen LogP contribution in [0, 0.1) is 27.7 Å². The molecule has 0 saturated heterocycles. The molecule has 25 heavy (non-hydrogen) atoms. The van der Waals surface area contributed by atoms with Gasteiger partial charge in [-0.25, -0.2) is 4.98 Å². The van der Waals surface area contributed by atoms with E-state index in [0.29, 0.717) is 17.2 Å². The number of nitrogens with zero attached hydrogens (tertiary/aromatic N) is 3. The number of nitrogens with one attached hydrogen (secondary N) is 1. The smallest absolute Gasteiger partial charge is 0.251 e. The fourth-order valence-corrected chi connectivity index (χ4v) is 2.92. The molecular weight excluding hydrogens is 312 g/mol. The van der Waals surface area contributed by atoms with Crippen LogP contribution in [0.15, 0.2) is 36.4 Å². The van der Waals surface area contributed by atoms with Gasteiger partial charge in [-0.1, -0.05) is 18.2 Å². The number of carbonyl (C=O) groups is 1. The van der Waals surface area contributed by atoms with Gasteiger partial charge in [-0.3, -0.25) is 4.79 Å². The zero-order valence-electron chi connectivity index (χ0n) is 15.3. The molecule has 0 saturated carbocycles. The summed E-state index contributed by atoms with van der Waals surface area (Å²) in [5, 5.41) is 8.48. The van der Waals surface area contributed by atoms with E-state index in [2.05, 4.69) is 49.9 Å². The lowest BCUT2D eigenvalue weighted by Gasteiger charge is -2.12. The second-order valence-electron chi connectivity index (χ2n) is 6.59. The molecule has 2 heterocycles. The Morgan fingerprint density at radius 1 is 1.08 bits per heavy atom. The minimum absolute atomic E-state index is 0.231. The minimum Gasteiger partial charge on any atom is -0.307 e. The summed E-state index contributed by atoms with van der Waals surface area (Å²) < 4.78 is 1.67. The van der Waals surface area contributed by atoms with Gasteiger partial charge in [-0.05, 0) is 57.9 Å². The molecule has 0 atom stereocenters. The second kappa shape index (κ2) is 6.16. The third-order valence-electron chi connectivity index (χ3n) is 4.12. The summed E-state index contributed by atoms with van der Waals surface area (Å²) in [6.07, 6.45) is 0. The van der Waals surface area contributed by atoms with Crippen molar-refractivity contribution >= 4 is 22.6 Å². The first-order chi connectivity index (χ1) is 11.8. The average Bonchev–Trinajstić information content (AvgIpc) is 2.88. The number of rotatable bonds is 3. The first-order valence-corrected chi connectivity index (χ1v) is 8.19. The molecule has 3 rings (SSSR count). The predicted octanol–water partition coefficient (Wildman–Crippen LogP) is 4.17. The van der Waals surface area contributed by atoms with Gasteiger partial charge in [0.05, 0.1) is 11.2 Å². The van der Waals surface area contributed by atoms with E-state index >= 15 is 0 Å². The van der Waals surface area contributed by atoms with E-state index in [1.807, 2.05) is 19.1 Å². The fraction of sp³-hybridized carbons (Fsp3) is 0.250. The Kier molecular flexibility index (Phi) is 4.17. The van der Waals surface area contributed by atoms with E-state index in [0.717, 1.165) is 27.7 Å². The highest BCUT2D eigenvalue weighted by Crippen LogP contribution is 2.25. The molecule has 3 aromatic rings. The largest absolute Gasteiger partial charge is 0.307 e. The van der Waals surface area contributed by atoms with Crippen LogP contribution in [-0.2, 0) is 4.79 Å². The Labute approximate surface area is 147 Å². The third-order valence-corrected chi connectivity index (χ3v) is 4.12. The summed E-state index contributed by atoms with van der Waals surface area (Å²) in [5.41, 5.74) is 5.66. The number of fused-ring (bicyclic) bond motifs is 1. The number of carbonyl (C=O) groups excluding carboxylic acids is 1. The van der Waals surface area contributed by atoms with Crippen molar-refractivity contribution in [1.29, 1.82) is 0 Å². The highest BCUT2D eigenvalue weighted by atomic mass is 16.1. The number of hydrogen-bond acceptors (Lipinski definition) is 3. The molecule has 2 aromatic heterocycles. The van der Waals surface area contributed by atoms with Crippen LogP contribution in [0.4, 0.5) is 5.82 Å². The van der Waals surface area contributed by atoms with Gasteiger partial charge in [-0.15, -0.1) is 0 Å². The highest BCUT2D eigenvalue weighted by molar-refractivity contribution is 6.02. The lowest BCUT2D eigenvalue weighted by molar-refractivity contribution is -0.112. The van der Waals surface area contributed by atoms with Gasteiger partial charge in [0.2, 0.25) is 0 Å². The van der Waals surface area contributed by atoms with Gasteiger partial charge in [-0.2, -0.15) is 9.78 Å². The average molecular weight is 334 g/mol. The topological polar surface area (TPSA) is 59.8 Å². The van der Waals surface area contributed by atoms with Crippen LogP contribution in [0.25, 0.3) is 16.7 Å². The lowest BCUT2D eigenvalue weighted by Crippen LogP contribution is -2.15. The van der Waals surface area contributed by atoms with E-state index in [-0.39, 0.29) is 5.91 Å². The van der Waals surface area contributed by atoms with Crippen molar-refractivity contribution in [3.63, 3.8) is 0 Å². The number of pyridine rings is 1. The zero-order valence-corrected chi connectivity index (χ0v) is 15.3. The molecule has 0 fully saturated rings. The maximum absolute atomic E-state index is 12.0. The maximum Gasteiger partial charge on any atom is 0.251 e. The van der Waals surface area contributed by atoms with Gasteiger partial charge >= 0.3 is 0 Å². The van der Waals surface area contributed by atoms with Crippen LogP contribution in [0.2, 0.25) is 0 Å². The number of amides is 1. The van der Waals surface area contributed by atoms with Crippen LogP contribution in [0.1, 0.15) is 29.3 Å². The van der Waals surface area contributed by atoms with E-state index < -0.39 is 0 Å². The summed E-state index contributed by atoms with van der Waals surface area (Å²) in [4.78, 5) is 16.8. The van der Waals surface area contributed by atoms with Crippen molar-refractivity contribution in [3.8, 4) is 5.82 Å². The van der Waals surface area contributed by atoms with Crippen molar-refractivity contribution in [2.24, 2.45) is 0 Å². The van der Waals surface area contributed by atoms with Crippen LogP contribution in [-0.4, -0.2) is 20.7 Å². The molecule has 1 aromatic carbocycles. The quantitative estimate of drug-likeness (QED) is 0.731. The Morgan fingerprint density at radius 3 is 2.48 bits per heavy atom. The molecule has 0 bridgehead atoms. The molecule has 1 N–H and O–H groups in total. The standard InChI is InChI=1S/C20H22N4O/c1-11(2)20(25)22-18-10-15(6)23-24(18)17-9-13(4)16-8-12(3)7-14(5)19(16)21-17/h7-10H,1H2,2-6H3,(H,22,25). The predicted molar refractivity (Wildman–Crippen MR) is 101 cm³/mol. The van der Waals surface area contributed by atoms with Gasteiger partial charge in [0.1, 0.15) is 5.82 Å². The van der Waals surface area contributed by atoms with Crippen LogP contribution >= 0.6 is 0 Å². The highest BCUT2D eigenvalue weighted by Gasteiger charge is 2.14. The molecule has 1 amide bonds. The molecule has 5 nitrogen and oxygen atoms in total. The monoisotopic (exact) mass is 334 g/mol. The van der Waals surface area contributed by atoms with Gasteiger partial charge in [0.25, 0.3) is 5.91 Å². The Balaban J connectivity index is 2.17. The minimum atomic E-state index is -0.231. The van der Waals surface area contributed by atoms with E-state index in [9.17, 15) is 4.79 Å². The molecule has 0 spiro atoms. The summed E-state index contributed by atoms with van der Waals surface area (Å²) in [6, 6.07) is 8.08. The summed E-state index contributed by atoms with van der Waals surface area (Å²) in [6.45, 7) is 13.4. The first kappa shape index (κ1) is 16.9. The van der Waals surface area contributed by atoms with Crippen LogP contribution < -0.4 is 5.32 Å². The molecule has 128 valence electrons. The van der Waals surface area contributed by atoms with E-state index in [1.54, 1.807) is 11.6 Å². The van der Waals surface area contributed by atoms with E-state index in [4.69, 9.17) is 4.98 Å². The first-order valence-electron chi connectivity index (χ1n) is 8.19. The number of benzene rings is 1. The van der Waals surface area contributed by atoms with E-state index in [1.165, 1.54) is 5.56 Å². The Hall–Kier alpha value is -2.95. The van der Waals surface area contributed by atoms with Gasteiger partial charge in [0.15, 0.2) is 5.82 Å². The molecule has 5 heteroatoms. The van der Waals surface area contributed by atoms with Crippen molar-refractivity contribution in [3.05, 3.63) is 58.8 Å². The third kappa shape index (κ3) is 3.18. The second-order valence-corrected chi connectivity index (χ2v) is 6.59. The lowest BCUT2D eigenvalue weighted by atomic mass is 10.0. The molecule has 0 aliphatic heterocycles. The SMILES string of the molecule is C=C(C)C(=O)Nc1cc(C)nn1-c1cc(C)c2cc(C)cc(C)c2n1. The molecule has 0 aliphatic carbocycles. The molecular formula is C20H22N4O. The summed E-state index contributed by atoms with van der Waals surface area (Å²) >= 11 is 0. The zero-order chi connectivity index (χ0) is 18.3. The van der Waals surface area contributed by atoms with Gasteiger partial charge in [0, 0.05) is 17.0 Å². The summed E-state index contributed by atoms with van der Waals surface area (Å²) in [5.74, 6) is 1.04. The van der Waals surface area contributed by atoms with Crippen molar-refractivity contribution in [2.45, 2.75) is 34.6 Å². The number of aromatic nitrogens is 3. The fourth-order valence-electron chi connectivity index (χ4n) is 2.92. The summed E-state index contributed by atoms with van der Waals surface area (Å²) in [7, 11) is 0. The van der Waals surface area contributed by atoms with Crippen LogP contribution in [0.3, 0.4) is 0 Å². The maximum atomic E-state index is 12.0. The van der Waals surface area contributed by atoms with Crippen molar-refractivity contribution in [1.82, 2.24) is 14.8 Å².